The number of hydrogen-bond acceptors (Lipinski definition) is 6. The first-order chi connectivity index (χ1) is 12.6. The monoisotopic (exact) mass is 359 g/mol. The van der Waals surface area contributed by atoms with E-state index in [2.05, 4.69) is 26.7 Å². The fourth-order valence-electron chi connectivity index (χ4n) is 4.51. The molecule has 0 saturated carbocycles. The number of anilines is 1. The van der Waals surface area contributed by atoms with Crippen LogP contribution >= 0.6 is 0 Å². The van der Waals surface area contributed by atoms with E-state index in [9.17, 15) is 4.79 Å². The van der Waals surface area contributed by atoms with Crippen molar-refractivity contribution in [1.82, 2.24) is 19.8 Å². The molecule has 3 fully saturated rings. The maximum absolute atomic E-state index is 12.1. The summed E-state index contributed by atoms with van der Waals surface area (Å²) in [6.45, 7) is 12.4. The Morgan fingerprint density at radius 1 is 1.08 bits per heavy atom. The minimum Gasteiger partial charge on any atom is -0.379 e. The topological polar surface area (TPSA) is 61.8 Å². The lowest BCUT2D eigenvalue weighted by Gasteiger charge is -2.26. The third-order valence-corrected chi connectivity index (χ3v) is 6.18. The number of aryl methyl sites for hydroxylation is 1. The van der Waals surface area contributed by atoms with Gasteiger partial charge in [0.15, 0.2) is 0 Å². The highest BCUT2D eigenvalue weighted by Crippen LogP contribution is 2.34. The second kappa shape index (κ2) is 7.48. The number of carbonyl (C=O) groups excluding carboxylic acids is 1. The molecule has 0 radical (unpaired) electrons. The molecule has 7 heteroatoms. The number of fused-ring (bicyclic) bond motifs is 1. The average Bonchev–Trinajstić information content (AvgIpc) is 3.10. The molecule has 1 amide bonds. The molecule has 26 heavy (non-hydrogen) atoms. The minimum atomic E-state index is 0.239. The molecule has 0 bridgehead atoms. The Bertz CT molecular complexity index is 653. The summed E-state index contributed by atoms with van der Waals surface area (Å²) in [5.41, 5.74) is 2.27. The summed E-state index contributed by atoms with van der Waals surface area (Å²) in [6, 6.07) is 0. The molecule has 0 aliphatic carbocycles. The zero-order chi connectivity index (χ0) is 18.1. The van der Waals surface area contributed by atoms with Gasteiger partial charge in [0.1, 0.15) is 12.1 Å². The van der Waals surface area contributed by atoms with Crippen LogP contribution in [0.2, 0.25) is 0 Å². The van der Waals surface area contributed by atoms with Gasteiger partial charge in [-0.15, -0.1) is 0 Å². The van der Waals surface area contributed by atoms with E-state index in [4.69, 9.17) is 4.74 Å². The third-order valence-electron chi connectivity index (χ3n) is 6.18. The largest absolute Gasteiger partial charge is 0.379 e. The summed E-state index contributed by atoms with van der Waals surface area (Å²) < 4.78 is 5.41. The molecule has 3 aliphatic rings. The van der Waals surface area contributed by atoms with Crippen LogP contribution in [-0.4, -0.2) is 84.7 Å². The van der Waals surface area contributed by atoms with E-state index in [1.165, 1.54) is 5.56 Å². The lowest BCUT2D eigenvalue weighted by molar-refractivity contribution is -0.130. The van der Waals surface area contributed by atoms with Crippen LogP contribution < -0.4 is 4.90 Å². The Kier molecular flexibility index (Phi) is 5.09. The van der Waals surface area contributed by atoms with Gasteiger partial charge in [-0.3, -0.25) is 4.79 Å². The van der Waals surface area contributed by atoms with Gasteiger partial charge < -0.3 is 19.4 Å². The van der Waals surface area contributed by atoms with E-state index in [0.717, 1.165) is 57.3 Å². The van der Waals surface area contributed by atoms with Gasteiger partial charge in [0, 0.05) is 57.1 Å². The highest BCUT2D eigenvalue weighted by Gasteiger charge is 2.40. The van der Waals surface area contributed by atoms with Crippen molar-refractivity contribution in [2.24, 2.45) is 11.8 Å². The molecular weight excluding hydrogens is 330 g/mol. The predicted molar refractivity (Wildman–Crippen MR) is 99.2 cm³/mol. The van der Waals surface area contributed by atoms with Crippen LogP contribution in [-0.2, 0) is 9.53 Å². The van der Waals surface area contributed by atoms with Crippen LogP contribution in [0, 0.1) is 25.7 Å². The Labute approximate surface area is 155 Å². The molecule has 2 unspecified atom stereocenters. The second-order valence-corrected chi connectivity index (χ2v) is 7.84. The van der Waals surface area contributed by atoms with Gasteiger partial charge in [-0.1, -0.05) is 0 Å². The number of hydrogen-bond donors (Lipinski definition) is 0. The van der Waals surface area contributed by atoms with Crippen LogP contribution in [0.3, 0.4) is 0 Å². The van der Waals surface area contributed by atoms with Gasteiger partial charge in [-0.2, -0.15) is 0 Å². The smallest absolute Gasteiger partial charge is 0.225 e. The number of ether oxygens (including phenoxy) is 1. The lowest BCUT2D eigenvalue weighted by Crippen LogP contribution is -2.39. The van der Waals surface area contributed by atoms with Crippen LogP contribution in [0.1, 0.15) is 17.7 Å². The van der Waals surface area contributed by atoms with E-state index >= 15 is 0 Å². The minimum absolute atomic E-state index is 0.239. The first kappa shape index (κ1) is 17.7. The summed E-state index contributed by atoms with van der Waals surface area (Å²) in [5.74, 6) is 2.75. The van der Waals surface area contributed by atoms with Crippen LogP contribution in [0.15, 0.2) is 6.33 Å². The third kappa shape index (κ3) is 3.55. The van der Waals surface area contributed by atoms with Gasteiger partial charge >= 0.3 is 0 Å². The number of carbonyl (C=O) groups is 1. The van der Waals surface area contributed by atoms with Gasteiger partial charge in [0.2, 0.25) is 5.91 Å². The van der Waals surface area contributed by atoms with Crippen LogP contribution in [0.4, 0.5) is 5.82 Å². The summed E-state index contributed by atoms with van der Waals surface area (Å²) in [6.07, 6.45) is 2.21. The molecule has 4 rings (SSSR count). The van der Waals surface area contributed by atoms with E-state index < -0.39 is 0 Å². The Hall–Kier alpha value is -1.73. The molecule has 1 aromatic heterocycles. The predicted octanol–water partition coefficient (Wildman–Crippen LogP) is 0.710. The Balaban J connectivity index is 1.29. The van der Waals surface area contributed by atoms with E-state index in [0.29, 0.717) is 31.5 Å². The first-order valence-electron chi connectivity index (χ1n) is 9.73. The molecule has 4 heterocycles. The highest BCUT2D eigenvalue weighted by molar-refractivity contribution is 5.76. The molecule has 2 atom stereocenters. The fourth-order valence-corrected chi connectivity index (χ4v) is 4.51. The van der Waals surface area contributed by atoms with Crippen molar-refractivity contribution >= 4 is 11.7 Å². The zero-order valence-corrected chi connectivity index (χ0v) is 15.9. The second-order valence-electron chi connectivity index (χ2n) is 7.84. The molecule has 1 aromatic rings. The summed E-state index contributed by atoms with van der Waals surface area (Å²) in [7, 11) is 0. The number of likely N-dealkylation sites (tertiary alicyclic amines) is 1. The maximum Gasteiger partial charge on any atom is 0.225 e. The molecule has 7 nitrogen and oxygen atoms in total. The number of rotatable bonds is 4. The number of amides is 1. The normalized spacial score (nSPS) is 27.1. The Morgan fingerprint density at radius 3 is 2.62 bits per heavy atom. The van der Waals surface area contributed by atoms with Gasteiger partial charge in [0.25, 0.3) is 0 Å². The zero-order valence-electron chi connectivity index (χ0n) is 15.9. The van der Waals surface area contributed by atoms with Crippen LogP contribution in [0.5, 0.6) is 0 Å². The number of nitrogens with zero attached hydrogens (tertiary/aromatic N) is 5. The SMILES string of the molecule is Cc1ncnc(N2CC3CN(CCN4CCOCCC4=O)CC3C2)c1C. The summed E-state index contributed by atoms with van der Waals surface area (Å²) in [5, 5.41) is 0. The van der Waals surface area contributed by atoms with Crippen LogP contribution in [0.25, 0.3) is 0 Å². The highest BCUT2D eigenvalue weighted by atomic mass is 16.5. The summed E-state index contributed by atoms with van der Waals surface area (Å²) in [4.78, 5) is 27.8. The van der Waals surface area contributed by atoms with Crippen molar-refractivity contribution in [2.75, 3.05) is 63.9 Å². The van der Waals surface area contributed by atoms with Crippen molar-refractivity contribution in [2.45, 2.75) is 20.3 Å². The molecule has 142 valence electrons. The Morgan fingerprint density at radius 2 is 1.85 bits per heavy atom. The number of aromatic nitrogens is 2. The molecule has 0 spiro atoms. The average molecular weight is 359 g/mol. The fraction of sp³-hybridized carbons (Fsp3) is 0.737. The molecular formula is C19H29N5O2. The van der Waals surface area contributed by atoms with Gasteiger partial charge in [-0.25, -0.2) is 9.97 Å². The standard InChI is InChI=1S/C19H29N5O2/c1-14-15(2)20-13-21-19(14)24-11-16-9-22(10-17(16)12-24)4-5-23-6-8-26-7-3-18(23)25/h13,16-17H,3-12H2,1-2H3. The van der Waals surface area contributed by atoms with Crippen molar-refractivity contribution in [1.29, 1.82) is 0 Å². The van der Waals surface area contributed by atoms with E-state index in [1.807, 2.05) is 11.8 Å². The van der Waals surface area contributed by atoms with Crippen molar-refractivity contribution < 1.29 is 9.53 Å². The lowest BCUT2D eigenvalue weighted by atomic mass is 10.0. The molecule has 0 aromatic carbocycles. The van der Waals surface area contributed by atoms with Crippen molar-refractivity contribution in [3.63, 3.8) is 0 Å². The van der Waals surface area contributed by atoms with Crippen molar-refractivity contribution in [3.05, 3.63) is 17.6 Å². The van der Waals surface area contributed by atoms with Crippen molar-refractivity contribution in [3.8, 4) is 0 Å². The van der Waals surface area contributed by atoms with E-state index in [-0.39, 0.29) is 5.91 Å². The van der Waals surface area contributed by atoms with Gasteiger partial charge in [0.05, 0.1) is 19.6 Å². The van der Waals surface area contributed by atoms with Gasteiger partial charge in [-0.05, 0) is 25.7 Å². The summed E-state index contributed by atoms with van der Waals surface area (Å²) >= 11 is 0. The molecule has 3 aliphatic heterocycles. The van der Waals surface area contributed by atoms with E-state index in [1.54, 1.807) is 6.33 Å². The molecule has 3 saturated heterocycles. The quantitative estimate of drug-likeness (QED) is 0.789. The molecule has 0 N–H and O–H groups in total. The maximum atomic E-state index is 12.1. The first-order valence-corrected chi connectivity index (χ1v) is 9.73.